The SMILES string of the molecule is C=C(C)CC(NN)c1cccc(C)n1. The number of nitrogens with zero attached hydrogens (tertiary/aromatic N) is 1. The highest BCUT2D eigenvalue weighted by atomic mass is 15.2. The Kier molecular flexibility index (Phi) is 3.80. The van der Waals surface area contributed by atoms with Crippen LogP contribution in [0.2, 0.25) is 0 Å². The molecule has 0 aromatic carbocycles. The van der Waals surface area contributed by atoms with Crippen LogP contribution in [0.3, 0.4) is 0 Å². The standard InChI is InChI=1S/C11H17N3/c1-8(2)7-11(14-12)10-6-4-5-9(3)13-10/h4-6,11,14H,1,7,12H2,2-3H3. The van der Waals surface area contributed by atoms with E-state index in [-0.39, 0.29) is 6.04 Å². The van der Waals surface area contributed by atoms with Gasteiger partial charge < -0.3 is 0 Å². The Morgan fingerprint density at radius 3 is 2.86 bits per heavy atom. The molecule has 1 heterocycles. The van der Waals surface area contributed by atoms with Gasteiger partial charge in [0.25, 0.3) is 0 Å². The van der Waals surface area contributed by atoms with Crippen molar-refractivity contribution in [2.45, 2.75) is 26.3 Å². The zero-order valence-electron chi connectivity index (χ0n) is 8.75. The van der Waals surface area contributed by atoms with Crippen molar-refractivity contribution in [3.8, 4) is 0 Å². The summed E-state index contributed by atoms with van der Waals surface area (Å²) >= 11 is 0. The fraction of sp³-hybridized carbons (Fsp3) is 0.364. The fourth-order valence-electron chi connectivity index (χ4n) is 1.36. The van der Waals surface area contributed by atoms with Crippen LogP contribution in [0.1, 0.15) is 30.8 Å². The number of nitrogens with one attached hydrogen (secondary N) is 1. The molecule has 0 aliphatic heterocycles. The van der Waals surface area contributed by atoms with E-state index in [9.17, 15) is 0 Å². The van der Waals surface area contributed by atoms with Gasteiger partial charge in [0, 0.05) is 5.69 Å². The Labute approximate surface area is 85.0 Å². The lowest BCUT2D eigenvalue weighted by Gasteiger charge is -2.15. The third-order valence-electron chi connectivity index (χ3n) is 2.02. The van der Waals surface area contributed by atoms with Gasteiger partial charge in [-0.1, -0.05) is 11.6 Å². The Morgan fingerprint density at radius 1 is 1.64 bits per heavy atom. The van der Waals surface area contributed by atoms with Crippen LogP contribution in [0, 0.1) is 6.92 Å². The second-order valence-electron chi connectivity index (χ2n) is 3.58. The number of aryl methyl sites for hydroxylation is 1. The first-order valence-corrected chi connectivity index (χ1v) is 4.67. The van der Waals surface area contributed by atoms with Crippen LogP contribution < -0.4 is 11.3 Å². The van der Waals surface area contributed by atoms with Crippen LogP contribution in [-0.2, 0) is 0 Å². The van der Waals surface area contributed by atoms with E-state index >= 15 is 0 Å². The lowest BCUT2D eigenvalue weighted by molar-refractivity contribution is 0.536. The molecule has 3 heteroatoms. The molecule has 3 nitrogen and oxygen atoms in total. The quantitative estimate of drug-likeness (QED) is 0.434. The molecule has 0 fully saturated rings. The number of hydrazine groups is 1. The van der Waals surface area contributed by atoms with Crippen molar-refractivity contribution < 1.29 is 0 Å². The van der Waals surface area contributed by atoms with Crippen LogP contribution in [0.5, 0.6) is 0 Å². The van der Waals surface area contributed by atoms with Crippen molar-refractivity contribution in [1.29, 1.82) is 0 Å². The van der Waals surface area contributed by atoms with E-state index in [0.29, 0.717) is 0 Å². The first-order valence-electron chi connectivity index (χ1n) is 4.67. The highest BCUT2D eigenvalue weighted by Gasteiger charge is 2.10. The van der Waals surface area contributed by atoms with E-state index < -0.39 is 0 Å². The van der Waals surface area contributed by atoms with Gasteiger partial charge in [-0.25, -0.2) is 0 Å². The number of aromatic nitrogens is 1. The lowest BCUT2D eigenvalue weighted by Crippen LogP contribution is -2.28. The minimum absolute atomic E-state index is 0.0624. The minimum Gasteiger partial charge on any atom is -0.271 e. The first kappa shape index (κ1) is 10.9. The van der Waals surface area contributed by atoms with Gasteiger partial charge in [0.2, 0.25) is 0 Å². The summed E-state index contributed by atoms with van der Waals surface area (Å²) in [4.78, 5) is 4.41. The molecule has 76 valence electrons. The van der Waals surface area contributed by atoms with E-state index in [0.717, 1.165) is 23.4 Å². The van der Waals surface area contributed by atoms with Crippen LogP contribution in [-0.4, -0.2) is 4.98 Å². The maximum atomic E-state index is 5.47. The van der Waals surface area contributed by atoms with Crippen LogP contribution in [0.15, 0.2) is 30.4 Å². The zero-order valence-corrected chi connectivity index (χ0v) is 8.75. The number of nitrogens with two attached hydrogens (primary N) is 1. The van der Waals surface area contributed by atoms with Gasteiger partial charge in [0.1, 0.15) is 0 Å². The lowest BCUT2D eigenvalue weighted by atomic mass is 10.1. The molecule has 1 aromatic heterocycles. The van der Waals surface area contributed by atoms with Crippen LogP contribution >= 0.6 is 0 Å². The third kappa shape index (κ3) is 2.94. The van der Waals surface area contributed by atoms with Crippen molar-refractivity contribution in [2.75, 3.05) is 0 Å². The number of pyridine rings is 1. The second kappa shape index (κ2) is 4.88. The molecule has 1 rings (SSSR count). The molecular weight excluding hydrogens is 174 g/mol. The summed E-state index contributed by atoms with van der Waals surface area (Å²) in [6, 6.07) is 5.99. The summed E-state index contributed by atoms with van der Waals surface area (Å²) in [6.07, 6.45) is 0.812. The molecule has 1 aromatic rings. The van der Waals surface area contributed by atoms with Gasteiger partial charge in [-0.2, -0.15) is 0 Å². The zero-order chi connectivity index (χ0) is 10.6. The second-order valence-corrected chi connectivity index (χ2v) is 3.58. The number of hydrogen-bond acceptors (Lipinski definition) is 3. The Morgan fingerprint density at radius 2 is 2.36 bits per heavy atom. The number of hydrogen-bond donors (Lipinski definition) is 2. The Balaban J connectivity index is 2.83. The third-order valence-corrected chi connectivity index (χ3v) is 2.02. The molecule has 1 unspecified atom stereocenters. The van der Waals surface area contributed by atoms with Crippen LogP contribution in [0.25, 0.3) is 0 Å². The smallest absolute Gasteiger partial charge is 0.0669 e. The molecule has 0 radical (unpaired) electrons. The molecule has 0 saturated carbocycles. The van der Waals surface area contributed by atoms with Crippen molar-refractivity contribution in [2.24, 2.45) is 5.84 Å². The summed E-state index contributed by atoms with van der Waals surface area (Å²) in [5.74, 6) is 5.47. The highest BCUT2D eigenvalue weighted by molar-refractivity contribution is 5.15. The molecule has 14 heavy (non-hydrogen) atoms. The van der Waals surface area contributed by atoms with Gasteiger partial charge >= 0.3 is 0 Å². The van der Waals surface area contributed by atoms with Crippen LogP contribution in [0.4, 0.5) is 0 Å². The van der Waals surface area contributed by atoms with E-state index in [1.54, 1.807) is 0 Å². The summed E-state index contributed by atoms with van der Waals surface area (Å²) in [7, 11) is 0. The van der Waals surface area contributed by atoms with Crippen molar-refractivity contribution in [1.82, 2.24) is 10.4 Å². The summed E-state index contributed by atoms with van der Waals surface area (Å²) < 4.78 is 0. The molecule has 0 bridgehead atoms. The van der Waals surface area contributed by atoms with Gasteiger partial charge in [-0.15, -0.1) is 6.58 Å². The summed E-state index contributed by atoms with van der Waals surface area (Å²) in [6.45, 7) is 7.82. The van der Waals surface area contributed by atoms with Gasteiger partial charge in [-0.05, 0) is 32.4 Å². The molecule has 0 spiro atoms. The monoisotopic (exact) mass is 191 g/mol. The molecule has 0 aliphatic rings. The Bertz CT molecular complexity index is 320. The van der Waals surface area contributed by atoms with E-state index in [1.165, 1.54) is 0 Å². The maximum absolute atomic E-state index is 5.47. The van der Waals surface area contributed by atoms with Gasteiger partial charge in [-0.3, -0.25) is 16.3 Å². The fourth-order valence-corrected chi connectivity index (χ4v) is 1.36. The molecule has 0 saturated heterocycles. The van der Waals surface area contributed by atoms with Crippen molar-refractivity contribution in [3.05, 3.63) is 41.7 Å². The molecule has 0 amide bonds. The maximum Gasteiger partial charge on any atom is 0.0669 e. The molecular formula is C11H17N3. The predicted molar refractivity (Wildman–Crippen MR) is 58.5 cm³/mol. The van der Waals surface area contributed by atoms with Gasteiger partial charge in [0.05, 0.1) is 11.7 Å². The van der Waals surface area contributed by atoms with E-state index in [4.69, 9.17) is 5.84 Å². The average molecular weight is 191 g/mol. The average Bonchev–Trinajstić information content (AvgIpc) is 2.14. The highest BCUT2D eigenvalue weighted by Crippen LogP contribution is 2.17. The summed E-state index contributed by atoms with van der Waals surface area (Å²) in [5.41, 5.74) is 5.82. The summed E-state index contributed by atoms with van der Waals surface area (Å²) in [5, 5.41) is 0. The topological polar surface area (TPSA) is 50.9 Å². The normalized spacial score (nSPS) is 12.5. The predicted octanol–water partition coefficient (Wildman–Crippen LogP) is 1.86. The van der Waals surface area contributed by atoms with Gasteiger partial charge in [0.15, 0.2) is 0 Å². The largest absolute Gasteiger partial charge is 0.271 e. The van der Waals surface area contributed by atoms with Crippen molar-refractivity contribution >= 4 is 0 Å². The molecule has 0 aliphatic carbocycles. The molecule has 3 N–H and O–H groups in total. The van der Waals surface area contributed by atoms with Crippen molar-refractivity contribution in [3.63, 3.8) is 0 Å². The van der Waals surface area contributed by atoms with E-state index in [1.807, 2.05) is 32.0 Å². The van der Waals surface area contributed by atoms with E-state index in [2.05, 4.69) is 17.0 Å². The Hall–Kier alpha value is -1.19. The number of rotatable bonds is 4. The first-order chi connectivity index (χ1) is 6.63. The minimum atomic E-state index is 0.0624. The molecule has 1 atom stereocenters.